The molecule has 0 spiro atoms. The van der Waals surface area contributed by atoms with E-state index in [0.29, 0.717) is 0 Å². The highest BCUT2D eigenvalue weighted by molar-refractivity contribution is 6.51. The summed E-state index contributed by atoms with van der Waals surface area (Å²) >= 11 is 5.33. The van der Waals surface area contributed by atoms with E-state index in [9.17, 15) is 19.2 Å². The molecule has 0 heterocycles. The summed E-state index contributed by atoms with van der Waals surface area (Å²) in [5, 5.41) is -0.343. The van der Waals surface area contributed by atoms with Gasteiger partial charge >= 0.3 is 11.9 Å². The molecule has 0 aliphatic heterocycles. The van der Waals surface area contributed by atoms with E-state index in [2.05, 4.69) is 9.78 Å². The van der Waals surface area contributed by atoms with E-state index in [4.69, 9.17) is 11.6 Å². The van der Waals surface area contributed by atoms with E-state index in [1.165, 1.54) is 0 Å². The van der Waals surface area contributed by atoms with Crippen molar-refractivity contribution in [2.45, 2.75) is 6.92 Å². The Bertz CT molecular complexity index is 383. The minimum Gasteiger partial charge on any atom is -0.293 e. The highest BCUT2D eigenvalue weighted by Crippen LogP contribution is 2.22. The van der Waals surface area contributed by atoms with Crippen LogP contribution in [0.1, 0.15) is 6.92 Å². The Morgan fingerprint density at radius 3 is 2.33 bits per heavy atom. The highest BCUT2D eigenvalue weighted by Gasteiger charge is 2.42. The second-order valence-electron chi connectivity index (χ2n) is 2.67. The normalized spacial score (nSPS) is 19.9. The molecular formula is C8H5ClO6. The van der Waals surface area contributed by atoms with Crippen molar-refractivity contribution in [2.24, 2.45) is 5.92 Å². The van der Waals surface area contributed by atoms with Gasteiger partial charge in [-0.2, -0.15) is 0 Å². The molecule has 6 nitrogen and oxygen atoms in total. The van der Waals surface area contributed by atoms with Crippen LogP contribution in [0.3, 0.4) is 0 Å². The zero-order valence-electron chi connectivity index (χ0n) is 7.48. The monoisotopic (exact) mass is 232 g/mol. The average molecular weight is 233 g/mol. The molecular weight excluding hydrogens is 228 g/mol. The van der Waals surface area contributed by atoms with Crippen LogP contribution in [-0.2, 0) is 29.0 Å². The molecule has 0 aromatic carbocycles. The Hall–Kier alpha value is -1.69. The molecule has 0 bridgehead atoms. The molecule has 0 radical (unpaired) electrons. The van der Waals surface area contributed by atoms with Gasteiger partial charge in [-0.3, -0.25) is 9.59 Å². The minimum atomic E-state index is -1.66. The van der Waals surface area contributed by atoms with Gasteiger partial charge in [-0.25, -0.2) is 19.4 Å². The Morgan fingerprint density at radius 1 is 1.33 bits per heavy atom. The predicted molar refractivity (Wildman–Crippen MR) is 45.3 cm³/mol. The summed E-state index contributed by atoms with van der Waals surface area (Å²) in [6.45, 7) is 0.997. The largest absolute Gasteiger partial charge is 0.374 e. The first-order chi connectivity index (χ1) is 6.93. The van der Waals surface area contributed by atoms with E-state index in [1.54, 1.807) is 0 Å². The van der Waals surface area contributed by atoms with Crippen molar-refractivity contribution in [2.75, 3.05) is 0 Å². The third-order valence-electron chi connectivity index (χ3n) is 1.53. The Labute approximate surface area is 88.7 Å². The number of halogens is 1. The van der Waals surface area contributed by atoms with Gasteiger partial charge in [0.25, 0.3) is 0 Å². The molecule has 7 heteroatoms. The first kappa shape index (κ1) is 11.4. The standard InChI is InChI=1S/C8H5ClO6/c1-3(10)14-15-8(13)6-5(11)2-4(9)7(6)12/h2,6H,1H3. The predicted octanol–water partition coefficient (Wildman–Crippen LogP) is -0.102. The Balaban J connectivity index is 2.66. The van der Waals surface area contributed by atoms with Gasteiger partial charge in [-0.1, -0.05) is 11.6 Å². The summed E-state index contributed by atoms with van der Waals surface area (Å²) < 4.78 is 0. The lowest BCUT2D eigenvalue weighted by molar-refractivity contribution is -0.259. The van der Waals surface area contributed by atoms with E-state index >= 15 is 0 Å². The van der Waals surface area contributed by atoms with Gasteiger partial charge < -0.3 is 0 Å². The fourth-order valence-electron chi connectivity index (χ4n) is 0.918. The third-order valence-corrected chi connectivity index (χ3v) is 1.82. The molecule has 0 N–H and O–H groups in total. The van der Waals surface area contributed by atoms with Crippen LogP contribution in [0.25, 0.3) is 0 Å². The number of hydrogen-bond donors (Lipinski definition) is 0. The number of hydrogen-bond acceptors (Lipinski definition) is 6. The van der Waals surface area contributed by atoms with Crippen molar-refractivity contribution >= 4 is 35.1 Å². The maximum Gasteiger partial charge on any atom is 0.374 e. The summed E-state index contributed by atoms with van der Waals surface area (Å²) in [7, 11) is 0. The summed E-state index contributed by atoms with van der Waals surface area (Å²) in [6, 6.07) is 0. The smallest absolute Gasteiger partial charge is 0.293 e. The fraction of sp³-hybridized carbons (Fsp3) is 0.250. The topological polar surface area (TPSA) is 86.7 Å². The molecule has 0 aromatic rings. The molecule has 0 fully saturated rings. The lowest BCUT2D eigenvalue weighted by Crippen LogP contribution is -2.28. The lowest BCUT2D eigenvalue weighted by atomic mass is 10.1. The zero-order valence-corrected chi connectivity index (χ0v) is 8.24. The van der Waals surface area contributed by atoms with Crippen LogP contribution < -0.4 is 0 Å². The van der Waals surface area contributed by atoms with Crippen LogP contribution in [-0.4, -0.2) is 23.5 Å². The van der Waals surface area contributed by atoms with Crippen molar-refractivity contribution in [3.05, 3.63) is 11.1 Å². The van der Waals surface area contributed by atoms with Gasteiger partial charge in [-0.05, 0) is 0 Å². The zero-order chi connectivity index (χ0) is 11.6. The van der Waals surface area contributed by atoms with Crippen LogP contribution in [0.2, 0.25) is 0 Å². The van der Waals surface area contributed by atoms with Crippen molar-refractivity contribution in [1.29, 1.82) is 0 Å². The number of ketones is 2. The molecule has 1 aliphatic rings. The van der Waals surface area contributed by atoms with Crippen LogP contribution >= 0.6 is 11.6 Å². The van der Waals surface area contributed by atoms with Gasteiger partial charge in [0.05, 0.1) is 5.03 Å². The van der Waals surface area contributed by atoms with E-state index in [0.717, 1.165) is 13.0 Å². The highest BCUT2D eigenvalue weighted by atomic mass is 35.5. The maximum atomic E-state index is 11.1. The summed E-state index contributed by atoms with van der Waals surface area (Å²) in [4.78, 5) is 51.4. The Morgan fingerprint density at radius 2 is 1.93 bits per heavy atom. The van der Waals surface area contributed by atoms with Gasteiger partial charge in [0.2, 0.25) is 0 Å². The first-order valence-corrected chi connectivity index (χ1v) is 4.15. The van der Waals surface area contributed by atoms with Gasteiger partial charge in [0.15, 0.2) is 17.5 Å². The van der Waals surface area contributed by atoms with E-state index in [-0.39, 0.29) is 5.03 Å². The lowest BCUT2D eigenvalue weighted by Gasteiger charge is -2.04. The van der Waals surface area contributed by atoms with Crippen molar-refractivity contribution < 1.29 is 29.0 Å². The minimum absolute atomic E-state index is 0.343. The molecule has 80 valence electrons. The second-order valence-corrected chi connectivity index (χ2v) is 3.08. The number of allylic oxidation sites excluding steroid dienone is 2. The average Bonchev–Trinajstić information content (AvgIpc) is 2.37. The fourth-order valence-corrected chi connectivity index (χ4v) is 1.13. The molecule has 0 amide bonds. The van der Waals surface area contributed by atoms with Crippen molar-refractivity contribution in [3.63, 3.8) is 0 Å². The molecule has 0 saturated heterocycles. The van der Waals surface area contributed by atoms with E-state index in [1.807, 2.05) is 0 Å². The first-order valence-electron chi connectivity index (χ1n) is 3.77. The van der Waals surface area contributed by atoms with Gasteiger partial charge in [0.1, 0.15) is 0 Å². The molecule has 0 saturated carbocycles. The van der Waals surface area contributed by atoms with Gasteiger partial charge in [-0.15, -0.1) is 0 Å². The van der Waals surface area contributed by atoms with E-state index < -0.39 is 29.4 Å². The Kier molecular flexibility index (Phi) is 3.21. The molecule has 15 heavy (non-hydrogen) atoms. The molecule has 1 rings (SSSR count). The maximum absolute atomic E-state index is 11.1. The SMILES string of the molecule is CC(=O)OOC(=O)C1C(=O)C=C(Cl)C1=O. The van der Waals surface area contributed by atoms with Crippen LogP contribution in [0.15, 0.2) is 11.1 Å². The quantitative estimate of drug-likeness (QED) is 0.356. The van der Waals surface area contributed by atoms with Crippen LogP contribution in [0.5, 0.6) is 0 Å². The van der Waals surface area contributed by atoms with Crippen LogP contribution in [0.4, 0.5) is 0 Å². The van der Waals surface area contributed by atoms with Crippen molar-refractivity contribution in [3.8, 4) is 0 Å². The number of Topliss-reactive ketones (excluding diaryl/α,β-unsaturated/α-hetero) is 1. The number of carbonyl (C=O) groups excluding carboxylic acids is 4. The summed E-state index contributed by atoms with van der Waals surface area (Å²) in [5.41, 5.74) is 0. The van der Waals surface area contributed by atoms with Gasteiger partial charge in [0, 0.05) is 13.0 Å². The molecule has 1 aliphatic carbocycles. The molecule has 1 atom stereocenters. The third kappa shape index (κ3) is 2.41. The molecule has 1 unspecified atom stereocenters. The van der Waals surface area contributed by atoms with Crippen LogP contribution in [0, 0.1) is 5.92 Å². The number of carbonyl (C=O) groups is 4. The summed E-state index contributed by atoms with van der Waals surface area (Å²) in [6.07, 6.45) is 0.823. The summed E-state index contributed by atoms with van der Waals surface area (Å²) in [5.74, 6) is -5.44. The van der Waals surface area contributed by atoms with Crippen molar-refractivity contribution in [1.82, 2.24) is 0 Å². The molecule has 0 aromatic heterocycles. The second kappa shape index (κ2) is 4.22. The number of rotatable bonds is 1.